The van der Waals surface area contributed by atoms with Crippen molar-refractivity contribution < 1.29 is 17.9 Å². The summed E-state index contributed by atoms with van der Waals surface area (Å²) in [5, 5.41) is 0. The van der Waals surface area contributed by atoms with Crippen molar-refractivity contribution in [2.45, 2.75) is 12.2 Å². The van der Waals surface area contributed by atoms with E-state index in [0.29, 0.717) is 30.4 Å². The molecule has 1 aliphatic heterocycles. The highest BCUT2D eigenvalue weighted by Gasteiger charge is 2.15. The highest BCUT2D eigenvalue weighted by atomic mass is 32.2. The van der Waals surface area contributed by atoms with Crippen molar-refractivity contribution in [1.29, 1.82) is 0 Å². The van der Waals surface area contributed by atoms with Gasteiger partial charge in [0.25, 0.3) is 0 Å². The molecule has 0 aliphatic carbocycles. The number of rotatable bonds is 4. The molecule has 1 heterocycles. The maximum atomic E-state index is 12.2. The first-order valence-corrected chi connectivity index (χ1v) is 8.72. The van der Waals surface area contributed by atoms with Crippen LogP contribution in [0.25, 0.3) is 0 Å². The Morgan fingerprint density at radius 3 is 2.45 bits per heavy atom. The summed E-state index contributed by atoms with van der Waals surface area (Å²) in [6.45, 7) is 1.17. The van der Waals surface area contributed by atoms with Crippen molar-refractivity contribution in [3.05, 3.63) is 54.1 Å². The van der Waals surface area contributed by atoms with Gasteiger partial charge >= 0.3 is 0 Å². The Kier molecular flexibility index (Phi) is 4.20. The van der Waals surface area contributed by atoms with E-state index in [4.69, 9.17) is 9.47 Å². The zero-order chi connectivity index (χ0) is 15.4. The number of ether oxygens (including phenoxy) is 2. The maximum absolute atomic E-state index is 12.2. The molecule has 1 aliphatic rings. The van der Waals surface area contributed by atoms with Gasteiger partial charge in [0, 0.05) is 12.5 Å². The molecule has 22 heavy (non-hydrogen) atoms. The summed E-state index contributed by atoms with van der Waals surface area (Å²) in [5.41, 5.74) is 1.21. The molecule has 3 rings (SSSR count). The highest BCUT2D eigenvalue weighted by Crippen LogP contribution is 2.32. The Bertz CT molecular complexity index is 744. The average Bonchev–Trinajstić information content (AvgIpc) is 2.72. The number of benzene rings is 2. The minimum absolute atomic E-state index is 0.0672. The van der Waals surface area contributed by atoms with Crippen LogP contribution in [0.1, 0.15) is 12.0 Å². The molecular weight excluding hydrogens is 302 g/mol. The zero-order valence-corrected chi connectivity index (χ0v) is 12.8. The van der Waals surface area contributed by atoms with Crippen molar-refractivity contribution in [2.75, 3.05) is 17.9 Å². The predicted molar refractivity (Wildman–Crippen MR) is 84.7 cm³/mol. The van der Waals surface area contributed by atoms with Crippen molar-refractivity contribution in [2.24, 2.45) is 0 Å². The van der Waals surface area contributed by atoms with Crippen molar-refractivity contribution in [3.63, 3.8) is 0 Å². The zero-order valence-electron chi connectivity index (χ0n) is 12.0. The van der Waals surface area contributed by atoms with Crippen LogP contribution >= 0.6 is 0 Å². The minimum Gasteiger partial charge on any atom is -0.490 e. The summed E-state index contributed by atoms with van der Waals surface area (Å²) < 4.78 is 38.1. The van der Waals surface area contributed by atoms with Gasteiger partial charge in [0.15, 0.2) is 11.5 Å². The molecule has 2 aromatic rings. The minimum atomic E-state index is -3.47. The van der Waals surface area contributed by atoms with Crippen LogP contribution in [-0.2, 0) is 15.8 Å². The van der Waals surface area contributed by atoms with E-state index in [2.05, 4.69) is 4.72 Å². The Labute approximate surface area is 129 Å². The van der Waals surface area contributed by atoms with E-state index in [1.807, 2.05) is 18.2 Å². The van der Waals surface area contributed by atoms with Crippen molar-refractivity contribution >= 4 is 15.7 Å². The summed E-state index contributed by atoms with van der Waals surface area (Å²) in [7, 11) is -3.47. The van der Waals surface area contributed by atoms with Gasteiger partial charge in [-0.1, -0.05) is 30.3 Å². The lowest BCUT2D eigenvalue weighted by atomic mass is 10.2. The molecule has 0 aromatic heterocycles. The van der Waals surface area contributed by atoms with Gasteiger partial charge in [0.1, 0.15) is 0 Å². The summed E-state index contributed by atoms with van der Waals surface area (Å²) in [4.78, 5) is 0. The van der Waals surface area contributed by atoms with Crippen molar-refractivity contribution in [1.82, 2.24) is 0 Å². The van der Waals surface area contributed by atoms with E-state index in [0.717, 1.165) is 12.0 Å². The second-order valence-electron chi connectivity index (χ2n) is 5.06. The number of anilines is 1. The predicted octanol–water partition coefficient (Wildman–Crippen LogP) is 2.79. The normalized spacial score (nSPS) is 14.2. The molecular formula is C16H17NO4S. The monoisotopic (exact) mass is 319 g/mol. The molecule has 0 unspecified atom stereocenters. The third-order valence-electron chi connectivity index (χ3n) is 3.22. The summed E-state index contributed by atoms with van der Waals surface area (Å²) >= 11 is 0. The lowest BCUT2D eigenvalue weighted by molar-refractivity contribution is 0.297. The Morgan fingerprint density at radius 2 is 1.68 bits per heavy atom. The van der Waals surface area contributed by atoms with Gasteiger partial charge in [-0.2, -0.15) is 0 Å². The molecule has 1 N–H and O–H groups in total. The number of sulfonamides is 1. The number of nitrogens with one attached hydrogen (secondary N) is 1. The van der Waals surface area contributed by atoms with E-state index >= 15 is 0 Å². The third kappa shape index (κ3) is 3.71. The van der Waals surface area contributed by atoms with Gasteiger partial charge in [0.2, 0.25) is 10.0 Å². The molecule has 0 fully saturated rings. The van der Waals surface area contributed by atoms with E-state index in [1.54, 1.807) is 30.3 Å². The van der Waals surface area contributed by atoms with E-state index in [-0.39, 0.29) is 5.75 Å². The van der Waals surface area contributed by atoms with E-state index in [9.17, 15) is 8.42 Å². The Morgan fingerprint density at radius 1 is 0.955 bits per heavy atom. The smallest absolute Gasteiger partial charge is 0.236 e. The number of hydrogen-bond donors (Lipinski definition) is 1. The topological polar surface area (TPSA) is 64.6 Å². The second kappa shape index (κ2) is 6.27. The van der Waals surface area contributed by atoms with Gasteiger partial charge in [-0.05, 0) is 17.7 Å². The maximum Gasteiger partial charge on any atom is 0.236 e. The van der Waals surface area contributed by atoms with Crippen LogP contribution in [0.2, 0.25) is 0 Å². The first-order chi connectivity index (χ1) is 10.6. The second-order valence-corrected chi connectivity index (χ2v) is 6.78. The van der Waals surface area contributed by atoms with Gasteiger partial charge in [-0.25, -0.2) is 8.42 Å². The van der Waals surface area contributed by atoms with E-state index < -0.39 is 10.0 Å². The molecule has 6 heteroatoms. The first kappa shape index (κ1) is 14.7. The lowest BCUT2D eigenvalue weighted by Crippen LogP contribution is -2.15. The fourth-order valence-electron chi connectivity index (χ4n) is 2.24. The molecule has 0 spiro atoms. The van der Waals surface area contributed by atoms with Gasteiger partial charge in [0.05, 0.1) is 24.7 Å². The summed E-state index contributed by atoms with van der Waals surface area (Å²) in [6, 6.07) is 14.1. The molecule has 2 aromatic carbocycles. The van der Waals surface area contributed by atoms with Crippen LogP contribution in [0.5, 0.6) is 11.5 Å². The van der Waals surface area contributed by atoms with Crippen LogP contribution < -0.4 is 14.2 Å². The number of hydrogen-bond acceptors (Lipinski definition) is 4. The SMILES string of the molecule is O=S(=O)(Cc1ccccc1)Nc1ccc2c(c1)OCCCO2. The van der Waals surface area contributed by atoms with E-state index in [1.165, 1.54) is 0 Å². The Balaban J connectivity index is 1.76. The standard InChI is InChI=1S/C16H17NO4S/c18-22(19,12-13-5-2-1-3-6-13)17-14-7-8-15-16(11-14)21-10-4-9-20-15/h1-3,5-8,11,17H,4,9-10,12H2. The average molecular weight is 319 g/mol. The third-order valence-corrected chi connectivity index (χ3v) is 4.48. The molecule has 0 saturated carbocycles. The van der Waals surface area contributed by atoms with Crippen LogP contribution in [0.15, 0.2) is 48.5 Å². The summed E-state index contributed by atoms with van der Waals surface area (Å²) in [6.07, 6.45) is 0.809. The lowest BCUT2D eigenvalue weighted by Gasteiger charge is -2.11. The Hall–Kier alpha value is -2.21. The van der Waals surface area contributed by atoms with Crippen LogP contribution in [-0.4, -0.2) is 21.6 Å². The van der Waals surface area contributed by atoms with Crippen LogP contribution in [0, 0.1) is 0 Å². The quantitative estimate of drug-likeness (QED) is 0.941. The molecule has 0 saturated heterocycles. The van der Waals surface area contributed by atoms with Gasteiger partial charge in [-0.15, -0.1) is 0 Å². The molecule has 0 atom stereocenters. The highest BCUT2D eigenvalue weighted by molar-refractivity contribution is 7.91. The number of fused-ring (bicyclic) bond motifs is 1. The largest absolute Gasteiger partial charge is 0.490 e. The van der Waals surface area contributed by atoms with Crippen LogP contribution in [0.4, 0.5) is 5.69 Å². The van der Waals surface area contributed by atoms with Crippen molar-refractivity contribution in [3.8, 4) is 11.5 Å². The molecule has 5 nitrogen and oxygen atoms in total. The fourth-order valence-corrected chi connectivity index (χ4v) is 3.43. The summed E-state index contributed by atoms with van der Waals surface area (Å²) in [5.74, 6) is 1.14. The van der Waals surface area contributed by atoms with Crippen LogP contribution in [0.3, 0.4) is 0 Å². The van der Waals surface area contributed by atoms with Gasteiger partial charge < -0.3 is 9.47 Å². The molecule has 0 bridgehead atoms. The molecule has 0 radical (unpaired) electrons. The molecule has 116 valence electrons. The van der Waals surface area contributed by atoms with Gasteiger partial charge in [-0.3, -0.25) is 4.72 Å². The fraction of sp³-hybridized carbons (Fsp3) is 0.250. The first-order valence-electron chi connectivity index (χ1n) is 7.06. The molecule has 0 amide bonds.